The Kier molecular flexibility index (Phi) is 1.78. The van der Waals surface area contributed by atoms with Gasteiger partial charge in [0.05, 0.1) is 0 Å². The van der Waals surface area contributed by atoms with Crippen molar-refractivity contribution in [2.24, 2.45) is 0 Å². The van der Waals surface area contributed by atoms with Crippen LogP contribution in [-0.2, 0) is 0 Å². The number of aryl methyl sites for hydroxylation is 2. The second-order valence-electron chi connectivity index (χ2n) is 5.21. The number of hydrogen-bond acceptors (Lipinski definition) is 0. The molecule has 3 aromatic carbocycles. The molecule has 4 rings (SSSR count). The molecule has 0 unspecified atom stereocenters. The van der Waals surface area contributed by atoms with Crippen molar-refractivity contribution in [3.05, 3.63) is 59.7 Å². The van der Waals surface area contributed by atoms with Gasteiger partial charge in [-0.3, -0.25) is 0 Å². The van der Waals surface area contributed by atoms with E-state index in [0.717, 1.165) is 0 Å². The molecule has 0 heterocycles. The quantitative estimate of drug-likeness (QED) is 0.394. The fourth-order valence-electron chi connectivity index (χ4n) is 3.22. The average molecular weight is 230 g/mol. The fraction of sp³-hybridized carbons (Fsp3) is 0.111. The van der Waals surface area contributed by atoms with Crippen LogP contribution in [0.2, 0.25) is 0 Å². The molecule has 0 amide bonds. The van der Waals surface area contributed by atoms with E-state index < -0.39 is 0 Å². The number of fused-ring (bicyclic) bond motifs is 3. The monoisotopic (exact) mass is 230 g/mol. The Bertz CT molecular complexity index is 794. The van der Waals surface area contributed by atoms with E-state index >= 15 is 0 Å². The van der Waals surface area contributed by atoms with Crippen LogP contribution >= 0.6 is 0 Å². The SMILES string of the molecule is Cc1cc2c3c(c(C)ccc3c1)-c1ccccc1-2. The van der Waals surface area contributed by atoms with E-state index in [9.17, 15) is 0 Å². The van der Waals surface area contributed by atoms with Gasteiger partial charge in [0.25, 0.3) is 0 Å². The predicted molar refractivity (Wildman–Crippen MR) is 77.9 cm³/mol. The fourth-order valence-corrected chi connectivity index (χ4v) is 3.22. The van der Waals surface area contributed by atoms with Gasteiger partial charge < -0.3 is 0 Å². The van der Waals surface area contributed by atoms with E-state index in [0.29, 0.717) is 0 Å². The zero-order valence-electron chi connectivity index (χ0n) is 10.6. The lowest BCUT2D eigenvalue weighted by atomic mass is 9.97. The summed E-state index contributed by atoms with van der Waals surface area (Å²) in [4.78, 5) is 0. The zero-order chi connectivity index (χ0) is 12.3. The van der Waals surface area contributed by atoms with Gasteiger partial charge in [-0.1, -0.05) is 48.5 Å². The van der Waals surface area contributed by atoms with Crippen molar-refractivity contribution in [3.8, 4) is 22.3 Å². The predicted octanol–water partition coefficient (Wildman–Crippen LogP) is 5.10. The van der Waals surface area contributed by atoms with Crippen molar-refractivity contribution in [1.29, 1.82) is 0 Å². The van der Waals surface area contributed by atoms with Gasteiger partial charge >= 0.3 is 0 Å². The standard InChI is InChI=1S/C18H14/c1-11-9-13-8-7-12(2)17-15-6-4-3-5-14(15)16(10-11)18(13)17/h3-10H,1-2H3. The zero-order valence-corrected chi connectivity index (χ0v) is 10.6. The van der Waals surface area contributed by atoms with E-state index in [4.69, 9.17) is 0 Å². The molecule has 1 aliphatic carbocycles. The summed E-state index contributed by atoms with van der Waals surface area (Å²) in [5.41, 5.74) is 8.32. The highest BCUT2D eigenvalue weighted by molar-refractivity contribution is 6.16. The molecule has 0 aliphatic heterocycles. The molecular weight excluding hydrogens is 216 g/mol. The molecule has 0 nitrogen and oxygen atoms in total. The minimum absolute atomic E-state index is 1.34. The van der Waals surface area contributed by atoms with Gasteiger partial charge in [-0.05, 0) is 58.0 Å². The van der Waals surface area contributed by atoms with E-state index in [2.05, 4.69) is 62.4 Å². The van der Waals surface area contributed by atoms with Crippen LogP contribution in [0.5, 0.6) is 0 Å². The molecule has 3 aromatic rings. The lowest BCUT2D eigenvalue weighted by Crippen LogP contribution is -1.82. The van der Waals surface area contributed by atoms with Gasteiger partial charge in [-0.2, -0.15) is 0 Å². The molecule has 0 saturated carbocycles. The molecule has 18 heavy (non-hydrogen) atoms. The largest absolute Gasteiger partial charge is 0.0616 e. The molecule has 0 saturated heterocycles. The first kappa shape index (κ1) is 9.90. The maximum atomic E-state index is 2.32. The molecule has 0 aromatic heterocycles. The maximum Gasteiger partial charge on any atom is -0.00235 e. The van der Waals surface area contributed by atoms with Crippen LogP contribution in [0.15, 0.2) is 48.5 Å². The highest BCUT2D eigenvalue weighted by Gasteiger charge is 2.22. The minimum atomic E-state index is 1.34. The average Bonchev–Trinajstić information content (AvgIpc) is 2.70. The van der Waals surface area contributed by atoms with Crippen LogP contribution in [0.3, 0.4) is 0 Å². The lowest BCUT2D eigenvalue weighted by Gasteiger charge is -2.06. The van der Waals surface area contributed by atoms with Gasteiger partial charge in [-0.25, -0.2) is 0 Å². The first-order valence-corrected chi connectivity index (χ1v) is 6.39. The van der Waals surface area contributed by atoms with E-state index in [1.165, 1.54) is 44.2 Å². The van der Waals surface area contributed by atoms with Gasteiger partial charge in [-0.15, -0.1) is 0 Å². The molecule has 0 heteroatoms. The molecule has 0 radical (unpaired) electrons. The Morgan fingerprint density at radius 1 is 0.722 bits per heavy atom. The van der Waals surface area contributed by atoms with Crippen molar-refractivity contribution < 1.29 is 0 Å². The van der Waals surface area contributed by atoms with Gasteiger partial charge in [0, 0.05) is 0 Å². The summed E-state index contributed by atoms with van der Waals surface area (Å²) >= 11 is 0. The summed E-state index contributed by atoms with van der Waals surface area (Å²) in [5, 5.41) is 2.80. The summed E-state index contributed by atoms with van der Waals surface area (Å²) in [5.74, 6) is 0. The minimum Gasteiger partial charge on any atom is -0.0616 e. The van der Waals surface area contributed by atoms with Crippen molar-refractivity contribution in [3.63, 3.8) is 0 Å². The third-order valence-electron chi connectivity index (χ3n) is 3.96. The van der Waals surface area contributed by atoms with Crippen LogP contribution in [-0.4, -0.2) is 0 Å². The second-order valence-corrected chi connectivity index (χ2v) is 5.21. The summed E-state index contributed by atoms with van der Waals surface area (Å²) in [6.07, 6.45) is 0. The Balaban J connectivity index is 2.31. The van der Waals surface area contributed by atoms with Crippen molar-refractivity contribution >= 4 is 10.8 Å². The third-order valence-corrected chi connectivity index (χ3v) is 3.96. The molecule has 0 atom stereocenters. The molecule has 0 fully saturated rings. The third kappa shape index (κ3) is 1.10. The highest BCUT2D eigenvalue weighted by Crippen LogP contribution is 2.48. The number of benzene rings is 3. The maximum absolute atomic E-state index is 2.32. The van der Waals surface area contributed by atoms with Crippen LogP contribution in [0.25, 0.3) is 33.0 Å². The molecule has 1 aliphatic rings. The van der Waals surface area contributed by atoms with Gasteiger partial charge in [0.15, 0.2) is 0 Å². The Labute approximate surface area is 107 Å². The smallest absolute Gasteiger partial charge is 0.00235 e. The topological polar surface area (TPSA) is 0 Å². The van der Waals surface area contributed by atoms with E-state index in [1.54, 1.807) is 0 Å². The molecule has 0 bridgehead atoms. The van der Waals surface area contributed by atoms with Crippen LogP contribution in [0.1, 0.15) is 11.1 Å². The van der Waals surface area contributed by atoms with Crippen molar-refractivity contribution in [1.82, 2.24) is 0 Å². The van der Waals surface area contributed by atoms with Crippen LogP contribution < -0.4 is 0 Å². The normalized spacial score (nSPS) is 11.9. The van der Waals surface area contributed by atoms with E-state index in [1.807, 2.05) is 0 Å². The van der Waals surface area contributed by atoms with Gasteiger partial charge in [0.2, 0.25) is 0 Å². The number of hydrogen-bond donors (Lipinski definition) is 0. The Morgan fingerprint density at radius 3 is 2.33 bits per heavy atom. The highest BCUT2D eigenvalue weighted by atomic mass is 14.2. The summed E-state index contributed by atoms with van der Waals surface area (Å²) in [7, 11) is 0. The van der Waals surface area contributed by atoms with Crippen molar-refractivity contribution in [2.75, 3.05) is 0 Å². The first-order chi connectivity index (χ1) is 8.75. The Hall–Kier alpha value is -2.08. The van der Waals surface area contributed by atoms with Crippen molar-refractivity contribution in [2.45, 2.75) is 13.8 Å². The van der Waals surface area contributed by atoms with Gasteiger partial charge in [0.1, 0.15) is 0 Å². The molecule has 0 spiro atoms. The van der Waals surface area contributed by atoms with Crippen LogP contribution in [0.4, 0.5) is 0 Å². The Morgan fingerprint density at radius 2 is 1.50 bits per heavy atom. The first-order valence-electron chi connectivity index (χ1n) is 6.39. The molecular formula is C18H14. The van der Waals surface area contributed by atoms with Crippen LogP contribution in [0, 0.1) is 13.8 Å². The summed E-state index contributed by atoms with van der Waals surface area (Å²) in [6.45, 7) is 4.39. The lowest BCUT2D eigenvalue weighted by molar-refractivity contribution is 1.49. The summed E-state index contributed by atoms with van der Waals surface area (Å²) < 4.78 is 0. The number of rotatable bonds is 0. The second kappa shape index (κ2) is 3.23. The molecule has 0 N–H and O–H groups in total. The van der Waals surface area contributed by atoms with E-state index in [-0.39, 0.29) is 0 Å². The summed E-state index contributed by atoms with van der Waals surface area (Å²) in [6, 6.07) is 17.8. The molecule has 86 valence electrons.